The Bertz CT molecular complexity index is 223. The Hall–Kier alpha value is 0.0500. The van der Waals surface area contributed by atoms with E-state index in [0.29, 0.717) is 6.04 Å². The van der Waals surface area contributed by atoms with Crippen LogP contribution in [0.2, 0.25) is 0 Å². The van der Waals surface area contributed by atoms with Crippen LogP contribution in [0.1, 0.15) is 59.3 Å². The van der Waals surface area contributed by atoms with Crippen LogP contribution in [-0.2, 0) is 0 Å². The standard InChI is InChI=1S/C15H29NS/c1-4-16-15(12-17-13(2)3)14-10-8-6-5-7-9-11-14/h10,13,15-16H,4-9,11-12H2,1-3H3. The first-order chi connectivity index (χ1) is 8.24. The van der Waals surface area contributed by atoms with Gasteiger partial charge in [-0.25, -0.2) is 0 Å². The molecular formula is C15H29NS. The number of allylic oxidation sites excluding steroid dienone is 1. The van der Waals surface area contributed by atoms with Crippen molar-refractivity contribution in [3.05, 3.63) is 11.6 Å². The van der Waals surface area contributed by atoms with Gasteiger partial charge in [-0.15, -0.1) is 0 Å². The maximum atomic E-state index is 3.67. The van der Waals surface area contributed by atoms with Crippen LogP contribution < -0.4 is 5.32 Å². The van der Waals surface area contributed by atoms with E-state index < -0.39 is 0 Å². The molecule has 1 nitrogen and oxygen atoms in total. The van der Waals surface area contributed by atoms with Crippen molar-refractivity contribution in [3.8, 4) is 0 Å². The molecule has 0 saturated heterocycles. The van der Waals surface area contributed by atoms with Crippen molar-refractivity contribution in [2.45, 2.75) is 70.6 Å². The lowest BCUT2D eigenvalue weighted by Crippen LogP contribution is -2.33. The maximum Gasteiger partial charge on any atom is 0.0370 e. The lowest BCUT2D eigenvalue weighted by Gasteiger charge is -2.23. The average molecular weight is 255 g/mol. The second-order valence-electron chi connectivity index (χ2n) is 5.22. The summed E-state index contributed by atoms with van der Waals surface area (Å²) in [6, 6.07) is 0.616. The summed E-state index contributed by atoms with van der Waals surface area (Å²) in [4.78, 5) is 0. The molecule has 0 fully saturated rings. The molecule has 0 amide bonds. The van der Waals surface area contributed by atoms with Gasteiger partial charge < -0.3 is 5.32 Å². The molecule has 2 heteroatoms. The molecule has 0 aromatic rings. The summed E-state index contributed by atoms with van der Waals surface area (Å²) in [5.41, 5.74) is 1.68. The van der Waals surface area contributed by atoms with Gasteiger partial charge in [0.25, 0.3) is 0 Å². The van der Waals surface area contributed by atoms with Crippen LogP contribution in [0.15, 0.2) is 11.6 Å². The first-order valence-electron chi connectivity index (χ1n) is 7.28. The van der Waals surface area contributed by atoms with E-state index >= 15 is 0 Å². The van der Waals surface area contributed by atoms with Crippen LogP contribution in [-0.4, -0.2) is 23.6 Å². The second-order valence-corrected chi connectivity index (χ2v) is 6.83. The molecular weight excluding hydrogens is 226 g/mol. The van der Waals surface area contributed by atoms with E-state index in [2.05, 4.69) is 43.9 Å². The van der Waals surface area contributed by atoms with Crippen molar-refractivity contribution in [2.75, 3.05) is 12.3 Å². The number of thioether (sulfide) groups is 1. The summed E-state index contributed by atoms with van der Waals surface area (Å²) in [7, 11) is 0. The van der Waals surface area contributed by atoms with Gasteiger partial charge >= 0.3 is 0 Å². The number of nitrogens with one attached hydrogen (secondary N) is 1. The van der Waals surface area contributed by atoms with E-state index in [-0.39, 0.29) is 0 Å². The van der Waals surface area contributed by atoms with Gasteiger partial charge in [0.2, 0.25) is 0 Å². The molecule has 1 atom stereocenters. The van der Waals surface area contributed by atoms with Crippen LogP contribution >= 0.6 is 11.8 Å². The van der Waals surface area contributed by atoms with Gasteiger partial charge in [-0.3, -0.25) is 0 Å². The van der Waals surface area contributed by atoms with Gasteiger partial charge in [0.05, 0.1) is 0 Å². The molecule has 0 spiro atoms. The van der Waals surface area contributed by atoms with E-state index in [9.17, 15) is 0 Å². The molecule has 0 aromatic carbocycles. The fourth-order valence-corrected chi connectivity index (χ4v) is 3.27. The lowest BCUT2D eigenvalue weighted by atomic mass is 9.95. The fraction of sp³-hybridized carbons (Fsp3) is 0.867. The minimum atomic E-state index is 0.616. The molecule has 0 heterocycles. The number of likely N-dealkylation sites (N-methyl/N-ethyl adjacent to an activating group) is 1. The summed E-state index contributed by atoms with van der Waals surface area (Å²) >= 11 is 2.08. The monoisotopic (exact) mass is 255 g/mol. The van der Waals surface area contributed by atoms with E-state index in [4.69, 9.17) is 0 Å². The minimum Gasteiger partial charge on any atom is -0.310 e. The van der Waals surface area contributed by atoms with Crippen molar-refractivity contribution >= 4 is 11.8 Å². The van der Waals surface area contributed by atoms with Gasteiger partial charge in [0, 0.05) is 11.8 Å². The maximum absolute atomic E-state index is 3.67. The summed E-state index contributed by atoms with van der Waals surface area (Å²) in [5, 5.41) is 4.41. The summed E-state index contributed by atoms with van der Waals surface area (Å²) in [5.74, 6) is 1.23. The van der Waals surface area contributed by atoms with Crippen molar-refractivity contribution < 1.29 is 0 Å². The van der Waals surface area contributed by atoms with E-state index in [1.165, 1.54) is 44.3 Å². The normalized spacial score (nSPS) is 19.6. The van der Waals surface area contributed by atoms with Gasteiger partial charge in [0.15, 0.2) is 0 Å². The Morgan fingerprint density at radius 2 is 2.00 bits per heavy atom. The predicted molar refractivity (Wildman–Crippen MR) is 80.8 cm³/mol. The molecule has 1 N–H and O–H groups in total. The number of hydrogen-bond acceptors (Lipinski definition) is 2. The number of rotatable bonds is 6. The van der Waals surface area contributed by atoms with Crippen LogP contribution in [0, 0.1) is 0 Å². The highest BCUT2D eigenvalue weighted by Crippen LogP contribution is 2.22. The quantitative estimate of drug-likeness (QED) is 0.707. The Morgan fingerprint density at radius 1 is 1.24 bits per heavy atom. The highest BCUT2D eigenvalue weighted by atomic mass is 32.2. The lowest BCUT2D eigenvalue weighted by molar-refractivity contribution is 0.566. The minimum absolute atomic E-state index is 0.616. The van der Waals surface area contributed by atoms with E-state index in [1.807, 2.05) is 0 Å². The molecule has 1 aliphatic rings. The Balaban J connectivity index is 2.52. The molecule has 0 saturated carbocycles. The van der Waals surface area contributed by atoms with Crippen LogP contribution in [0.5, 0.6) is 0 Å². The van der Waals surface area contributed by atoms with Gasteiger partial charge in [-0.2, -0.15) is 11.8 Å². The summed E-state index contributed by atoms with van der Waals surface area (Å²) < 4.78 is 0. The average Bonchev–Trinajstić information content (AvgIpc) is 2.24. The van der Waals surface area contributed by atoms with Crippen LogP contribution in [0.3, 0.4) is 0 Å². The zero-order valence-corrected chi connectivity index (χ0v) is 12.6. The third-order valence-corrected chi connectivity index (χ3v) is 4.51. The van der Waals surface area contributed by atoms with E-state index in [0.717, 1.165) is 11.8 Å². The molecule has 100 valence electrons. The molecule has 17 heavy (non-hydrogen) atoms. The van der Waals surface area contributed by atoms with Gasteiger partial charge in [-0.1, -0.05) is 45.3 Å². The molecule has 0 radical (unpaired) electrons. The van der Waals surface area contributed by atoms with Crippen molar-refractivity contribution in [1.29, 1.82) is 0 Å². The third kappa shape index (κ3) is 6.52. The zero-order valence-electron chi connectivity index (χ0n) is 11.8. The van der Waals surface area contributed by atoms with Crippen molar-refractivity contribution in [2.24, 2.45) is 0 Å². The first-order valence-corrected chi connectivity index (χ1v) is 8.32. The topological polar surface area (TPSA) is 12.0 Å². The van der Waals surface area contributed by atoms with Gasteiger partial charge in [-0.05, 0) is 37.5 Å². The molecule has 1 aliphatic carbocycles. The van der Waals surface area contributed by atoms with Crippen molar-refractivity contribution in [1.82, 2.24) is 5.32 Å². The highest BCUT2D eigenvalue weighted by Gasteiger charge is 2.14. The number of hydrogen-bond donors (Lipinski definition) is 1. The van der Waals surface area contributed by atoms with Gasteiger partial charge in [0.1, 0.15) is 0 Å². The molecule has 0 aliphatic heterocycles. The fourth-order valence-electron chi connectivity index (χ4n) is 2.37. The van der Waals surface area contributed by atoms with Crippen LogP contribution in [0.25, 0.3) is 0 Å². The molecule has 1 unspecified atom stereocenters. The van der Waals surface area contributed by atoms with Crippen LogP contribution in [0.4, 0.5) is 0 Å². The largest absolute Gasteiger partial charge is 0.310 e. The molecule has 1 rings (SSSR count). The van der Waals surface area contributed by atoms with Crippen molar-refractivity contribution in [3.63, 3.8) is 0 Å². The third-order valence-electron chi connectivity index (χ3n) is 3.32. The smallest absolute Gasteiger partial charge is 0.0370 e. The van der Waals surface area contributed by atoms with E-state index in [1.54, 1.807) is 5.57 Å². The Morgan fingerprint density at radius 3 is 2.71 bits per heavy atom. The molecule has 0 bridgehead atoms. The zero-order chi connectivity index (χ0) is 12.5. The summed E-state index contributed by atoms with van der Waals surface area (Å²) in [6.07, 6.45) is 10.8. The predicted octanol–water partition coefficient (Wildman–Crippen LogP) is 4.39. The summed E-state index contributed by atoms with van der Waals surface area (Å²) in [6.45, 7) is 7.89. The Labute approximate surface area is 112 Å². The highest BCUT2D eigenvalue weighted by molar-refractivity contribution is 7.99. The Kier molecular flexibility index (Phi) is 8.04. The first kappa shape index (κ1) is 15.1. The second kappa shape index (κ2) is 9.04. The molecule has 0 aromatic heterocycles. The SMILES string of the molecule is CCNC(CSC(C)C)C1=CCCCCCC1.